The summed E-state index contributed by atoms with van der Waals surface area (Å²) in [7, 11) is 0. The fraction of sp³-hybridized carbons (Fsp3) is 0.300. The molecule has 37 heavy (non-hydrogen) atoms. The number of Topliss-reactive ketones (excluding diaryl/α,β-unsaturated/α-hetero) is 1. The first-order chi connectivity index (χ1) is 17.9. The van der Waals surface area contributed by atoms with Gasteiger partial charge in [0, 0.05) is 24.5 Å². The summed E-state index contributed by atoms with van der Waals surface area (Å²) in [4.78, 5) is 32.2. The first-order valence-corrected chi connectivity index (χ1v) is 12.6. The summed E-state index contributed by atoms with van der Waals surface area (Å²) in [6.07, 6.45) is 5.29. The van der Waals surface area contributed by atoms with Crippen molar-refractivity contribution in [1.29, 1.82) is 0 Å². The van der Waals surface area contributed by atoms with Gasteiger partial charge in [0.25, 0.3) is 11.7 Å². The van der Waals surface area contributed by atoms with E-state index in [9.17, 15) is 14.7 Å². The Morgan fingerprint density at radius 1 is 1.05 bits per heavy atom. The second kappa shape index (κ2) is 11.7. The second-order valence-electron chi connectivity index (χ2n) is 8.97. The molecule has 2 heterocycles. The third-order valence-corrected chi connectivity index (χ3v) is 6.33. The summed E-state index contributed by atoms with van der Waals surface area (Å²) in [6, 6.07) is 15.4. The first-order valence-electron chi connectivity index (χ1n) is 12.6. The quantitative estimate of drug-likeness (QED) is 0.169. The molecule has 192 valence electrons. The number of amides is 1. The smallest absolute Gasteiger partial charge is 0.295 e. The molecule has 0 saturated carbocycles. The maximum absolute atomic E-state index is 13.3. The topological polar surface area (TPSA) is 89.0 Å². The van der Waals surface area contributed by atoms with Crippen molar-refractivity contribution in [3.05, 3.63) is 94.8 Å². The third-order valence-electron chi connectivity index (χ3n) is 6.33. The van der Waals surface area contributed by atoms with E-state index in [-0.39, 0.29) is 17.9 Å². The molecular weight excluding hydrogens is 468 g/mol. The van der Waals surface area contributed by atoms with Crippen molar-refractivity contribution in [3.8, 4) is 11.5 Å². The highest BCUT2D eigenvalue weighted by Gasteiger charge is 2.46. The summed E-state index contributed by atoms with van der Waals surface area (Å²) in [6.45, 7) is 7.20. The van der Waals surface area contributed by atoms with Crippen LogP contribution in [0.5, 0.6) is 11.5 Å². The summed E-state index contributed by atoms with van der Waals surface area (Å²) in [5, 5.41) is 11.4. The highest BCUT2D eigenvalue weighted by atomic mass is 16.5. The van der Waals surface area contributed by atoms with E-state index in [1.165, 1.54) is 4.90 Å². The van der Waals surface area contributed by atoms with Gasteiger partial charge < -0.3 is 19.5 Å². The summed E-state index contributed by atoms with van der Waals surface area (Å²) in [5.74, 6) is -0.189. The zero-order valence-electron chi connectivity index (χ0n) is 21.4. The van der Waals surface area contributed by atoms with Crippen molar-refractivity contribution in [2.24, 2.45) is 0 Å². The molecule has 1 N–H and O–H groups in total. The van der Waals surface area contributed by atoms with Gasteiger partial charge in [0.15, 0.2) is 0 Å². The van der Waals surface area contributed by atoms with Crippen LogP contribution in [0.2, 0.25) is 0 Å². The Kier molecular flexibility index (Phi) is 8.23. The molecule has 1 aliphatic rings. The number of pyridine rings is 1. The molecule has 0 bridgehead atoms. The number of aliphatic hydroxyl groups excluding tert-OH is 1. The van der Waals surface area contributed by atoms with E-state index < -0.39 is 17.7 Å². The Balaban J connectivity index is 1.77. The molecule has 0 spiro atoms. The van der Waals surface area contributed by atoms with Gasteiger partial charge in [0.2, 0.25) is 0 Å². The van der Waals surface area contributed by atoms with Gasteiger partial charge in [0.1, 0.15) is 17.3 Å². The average Bonchev–Trinajstić information content (AvgIpc) is 3.15. The van der Waals surface area contributed by atoms with Gasteiger partial charge in [-0.1, -0.05) is 31.5 Å². The third kappa shape index (κ3) is 5.66. The summed E-state index contributed by atoms with van der Waals surface area (Å²) >= 11 is 0. The molecule has 1 atom stereocenters. The maximum Gasteiger partial charge on any atom is 0.295 e. The number of nitrogens with zero attached hydrogens (tertiary/aromatic N) is 2. The van der Waals surface area contributed by atoms with Gasteiger partial charge in [-0.15, -0.1) is 0 Å². The van der Waals surface area contributed by atoms with Gasteiger partial charge >= 0.3 is 0 Å². The van der Waals surface area contributed by atoms with Crippen molar-refractivity contribution in [2.75, 3.05) is 13.2 Å². The fourth-order valence-corrected chi connectivity index (χ4v) is 4.43. The van der Waals surface area contributed by atoms with Crippen molar-refractivity contribution < 1.29 is 24.2 Å². The molecule has 1 fully saturated rings. The number of ether oxygens (including phenoxy) is 2. The van der Waals surface area contributed by atoms with E-state index in [4.69, 9.17) is 9.47 Å². The number of likely N-dealkylation sites (tertiary alicyclic amines) is 1. The number of carbonyl (C=O) groups is 2. The zero-order valence-corrected chi connectivity index (χ0v) is 21.4. The van der Waals surface area contributed by atoms with Crippen LogP contribution in [0.3, 0.4) is 0 Å². The lowest BCUT2D eigenvalue weighted by molar-refractivity contribution is -0.140. The number of benzene rings is 2. The van der Waals surface area contributed by atoms with E-state index in [1.54, 1.807) is 48.8 Å². The van der Waals surface area contributed by atoms with Crippen LogP contribution in [0.4, 0.5) is 0 Å². The van der Waals surface area contributed by atoms with Gasteiger partial charge in [-0.2, -0.15) is 0 Å². The molecule has 1 amide bonds. The van der Waals surface area contributed by atoms with Gasteiger partial charge in [-0.05, 0) is 73.4 Å². The molecule has 0 aliphatic carbocycles. The minimum absolute atomic E-state index is 0.0529. The summed E-state index contributed by atoms with van der Waals surface area (Å²) in [5.41, 5.74) is 2.82. The largest absolute Gasteiger partial charge is 0.507 e. The van der Waals surface area contributed by atoms with E-state index in [1.807, 2.05) is 32.0 Å². The Labute approximate surface area is 217 Å². The number of hydrogen-bond donors (Lipinski definition) is 1. The van der Waals surface area contributed by atoms with E-state index in [0.29, 0.717) is 30.1 Å². The van der Waals surface area contributed by atoms with Crippen LogP contribution < -0.4 is 9.47 Å². The van der Waals surface area contributed by atoms with Crippen LogP contribution in [0, 0.1) is 6.92 Å². The molecule has 2 aromatic carbocycles. The van der Waals surface area contributed by atoms with Crippen molar-refractivity contribution in [2.45, 2.75) is 46.2 Å². The monoisotopic (exact) mass is 500 g/mol. The molecule has 1 saturated heterocycles. The predicted molar refractivity (Wildman–Crippen MR) is 141 cm³/mol. The van der Waals surface area contributed by atoms with Crippen molar-refractivity contribution in [3.63, 3.8) is 0 Å². The Hall–Kier alpha value is -4.13. The SMILES string of the molecule is CCCCOc1ccc(/C(O)=C2\C(=O)C(=O)N(Cc3cccnc3)[C@H]2c2ccc(OCC)cc2)cc1C. The lowest BCUT2D eigenvalue weighted by Gasteiger charge is -2.25. The molecule has 0 unspecified atom stereocenters. The zero-order chi connectivity index (χ0) is 26.4. The number of aryl methyl sites for hydroxylation is 1. The second-order valence-corrected chi connectivity index (χ2v) is 8.97. The van der Waals surface area contributed by atoms with E-state index in [0.717, 1.165) is 29.7 Å². The lowest BCUT2D eigenvalue weighted by atomic mass is 9.94. The standard InChI is InChI=1S/C30H32N2O5/c1-4-6-16-37-25-14-11-23(17-20(25)3)28(33)26-27(22-9-12-24(13-10-22)36-5-2)32(30(35)29(26)34)19-21-8-7-15-31-18-21/h7-15,17-18,27,33H,4-6,16,19H2,1-3H3/b28-26+/t27-/m0/s1. The minimum Gasteiger partial charge on any atom is -0.507 e. The Morgan fingerprint density at radius 2 is 1.84 bits per heavy atom. The predicted octanol–water partition coefficient (Wildman–Crippen LogP) is 5.59. The first kappa shape index (κ1) is 25.9. The molecule has 0 radical (unpaired) electrons. The van der Waals surface area contributed by atoms with Gasteiger partial charge in [0.05, 0.1) is 24.8 Å². The fourth-order valence-electron chi connectivity index (χ4n) is 4.43. The molecule has 7 heteroatoms. The van der Waals surface area contributed by atoms with Crippen LogP contribution in [-0.2, 0) is 16.1 Å². The van der Waals surface area contributed by atoms with Crippen molar-refractivity contribution >= 4 is 17.4 Å². The number of unbranched alkanes of at least 4 members (excludes halogenated alkanes) is 1. The minimum atomic E-state index is -0.767. The molecule has 7 nitrogen and oxygen atoms in total. The van der Waals surface area contributed by atoms with Crippen LogP contribution >= 0.6 is 0 Å². The molecule has 4 rings (SSSR count). The Morgan fingerprint density at radius 3 is 2.49 bits per heavy atom. The summed E-state index contributed by atoms with van der Waals surface area (Å²) < 4.78 is 11.4. The van der Waals surface area contributed by atoms with E-state index in [2.05, 4.69) is 11.9 Å². The number of ketones is 1. The van der Waals surface area contributed by atoms with E-state index >= 15 is 0 Å². The Bertz CT molecular complexity index is 1290. The highest BCUT2D eigenvalue weighted by Crippen LogP contribution is 2.41. The molecule has 1 aromatic heterocycles. The number of aliphatic hydroxyl groups is 1. The van der Waals surface area contributed by atoms with Crippen molar-refractivity contribution in [1.82, 2.24) is 9.88 Å². The van der Waals surface area contributed by atoms with Gasteiger partial charge in [-0.3, -0.25) is 14.6 Å². The normalized spacial score (nSPS) is 16.7. The maximum atomic E-state index is 13.3. The van der Waals surface area contributed by atoms with Crippen LogP contribution in [0.25, 0.3) is 5.76 Å². The number of carbonyl (C=O) groups excluding carboxylic acids is 2. The average molecular weight is 501 g/mol. The van der Waals surface area contributed by atoms with Crippen LogP contribution in [0.15, 0.2) is 72.6 Å². The van der Waals surface area contributed by atoms with Crippen LogP contribution in [-0.4, -0.2) is 39.9 Å². The molecular formula is C30H32N2O5. The number of rotatable bonds is 10. The lowest BCUT2D eigenvalue weighted by Crippen LogP contribution is -2.29. The molecule has 1 aliphatic heterocycles. The molecule has 3 aromatic rings. The number of hydrogen-bond acceptors (Lipinski definition) is 6. The number of aromatic nitrogens is 1. The van der Waals surface area contributed by atoms with Gasteiger partial charge in [-0.25, -0.2) is 0 Å². The highest BCUT2D eigenvalue weighted by molar-refractivity contribution is 6.46. The van der Waals surface area contributed by atoms with Crippen LogP contribution in [0.1, 0.15) is 55.0 Å².